The Morgan fingerprint density at radius 2 is 1.94 bits per heavy atom. The van der Waals surface area contributed by atoms with Crippen molar-refractivity contribution in [1.29, 1.82) is 0 Å². The summed E-state index contributed by atoms with van der Waals surface area (Å²) < 4.78 is 13.0. The lowest BCUT2D eigenvalue weighted by molar-refractivity contribution is -0.113. The molecule has 1 amide bonds. The van der Waals surface area contributed by atoms with Crippen LogP contribution in [0.3, 0.4) is 0 Å². The van der Waals surface area contributed by atoms with Gasteiger partial charge in [0.05, 0.1) is 17.4 Å². The maximum atomic E-state index is 12.8. The Balaban J connectivity index is 1.38. The summed E-state index contributed by atoms with van der Waals surface area (Å²) in [6, 6.07) is 7.08. The van der Waals surface area contributed by atoms with E-state index >= 15 is 0 Å². The first kappa shape index (κ1) is 25.5. The molecule has 0 unspecified atom stereocenters. The number of carbonyl (C=O) groups is 2. The molecular weight excluding hydrogens is 508 g/mol. The Kier molecular flexibility index (Phi) is 8.35. The van der Waals surface area contributed by atoms with Crippen molar-refractivity contribution in [2.45, 2.75) is 57.4 Å². The molecule has 0 atom stereocenters. The van der Waals surface area contributed by atoms with Gasteiger partial charge >= 0.3 is 5.97 Å². The third-order valence-corrected chi connectivity index (χ3v) is 7.89. The third kappa shape index (κ3) is 6.36. The zero-order valence-electron chi connectivity index (χ0n) is 19.8. The molecule has 35 heavy (non-hydrogen) atoms. The molecular formula is C24H27ClN4O4S2. The zero-order chi connectivity index (χ0) is 24.9. The number of aryl methyl sites for hydroxylation is 1. The van der Waals surface area contributed by atoms with Crippen molar-refractivity contribution >= 4 is 51.6 Å². The summed E-state index contributed by atoms with van der Waals surface area (Å²) in [7, 11) is 1.83. The van der Waals surface area contributed by atoms with Crippen molar-refractivity contribution in [3.05, 3.63) is 51.1 Å². The van der Waals surface area contributed by atoms with Crippen LogP contribution in [0.5, 0.6) is 5.75 Å². The van der Waals surface area contributed by atoms with Gasteiger partial charge in [0, 0.05) is 16.9 Å². The van der Waals surface area contributed by atoms with E-state index in [2.05, 4.69) is 15.5 Å². The van der Waals surface area contributed by atoms with Crippen LogP contribution >= 0.6 is 34.7 Å². The number of hydrogen-bond donors (Lipinski definition) is 1. The summed E-state index contributed by atoms with van der Waals surface area (Å²) >= 11 is 8.65. The average molecular weight is 535 g/mol. The number of hydrogen-bond acceptors (Lipinski definition) is 8. The molecule has 1 N–H and O–H groups in total. The van der Waals surface area contributed by atoms with E-state index in [1.165, 1.54) is 23.1 Å². The minimum absolute atomic E-state index is 0.130. The van der Waals surface area contributed by atoms with Crippen molar-refractivity contribution in [1.82, 2.24) is 14.8 Å². The van der Waals surface area contributed by atoms with Gasteiger partial charge in [0.15, 0.2) is 11.0 Å². The number of rotatable bonds is 9. The minimum atomic E-state index is -0.374. The molecule has 2 aromatic heterocycles. The summed E-state index contributed by atoms with van der Waals surface area (Å²) in [6.45, 7) is 3.88. The van der Waals surface area contributed by atoms with E-state index in [9.17, 15) is 9.59 Å². The molecule has 0 saturated carbocycles. The van der Waals surface area contributed by atoms with Gasteiger partial charge in [0.1, 0.15) is 17.4 Å². The quantitative estimate of drug-likeness (QED) is 0.294. The number of amides is 1. The predicted octanol–water partition coefficient (Wildman–Crippen LogP) is 5.28. The first-order valence-electron chi connectivity index (χ1n) is 11.4. The standard InChI is InChI=1S/C24H27ClN4O4S2/c1-14(2)33-23(31)21-17-6-4-5-7-18(17)35-22(21)26-20(30)13-34-24-28-27-19(29(24)3)12-32-16-10-8-15(25)9-11-16/h8-11,14H,4-7,12-13H2,1-3H3,(H,26,30). The minimum Gasteiger partial charge on any atom is -0.486 e. The van der Waals surface area contributed by atoms with E-state index in [4.69, 9.17) is 21.1 Å². The van der Waals surface area contributed by atoms with Gasteiger partial charge in [0.2, 0.25) is 5.91 Å². The van der Waals surface area contributed by atoms with E-state index in [0.29, 0.717) is 32.3 Å². The van der Waals surface area contributed by atoms with Crippen molar-refractivity contribution in [3.8, 4) is 5.75 Å². The van der Waals surface area contributed by atoms with E-state index in [1.54, 1.807) is 28.8 Å². The van der Waals surface area contributed by atoms with E-state index < -0.39 is 0 Å². The Hall–Kier alpha value is -2.56. The molecule has 1 aliphatic carbocycles. The molecule has 0 radical (unpaired) electrons. The van der Waals surface area contributed by atoms with Crippen LogP contribution in [0.4, 0.5) is 5.00 Å². The molecule has 2 heterocycles. The number of fused-ring (bicyclic) bond motifs is 1. The van der Waals surface area contributed by atoms with Gasteiger partial charge in [0.25, 0.3) is 0 Å². The summed E-state index contributed by atoms with van der Waals surface area (Å²) in [5.74, 6) is 0.852. The molecule has 0 aliphatic heterocycles. The molecule has 8 nitrogen and oxygen atoms in total. The first-order valence-corrected chi connectivity index (χ1v) is 13.5. The number of carbonyl (C=O) groups excluding carboxylic acids is 2. The average Bonchev–Trinajstić information content (AvgIpc) is 3.36. The number of thioether (sulfide) groups is 1. The van der Waals surface area contributed by atoms with Gasteiger partial charge in [-0.05, 0) is 69.4 Å². The van der Waals surface area contributed by atoms with Crippen LogP contribution in [0.1, 0.15) is 53.3 Å². The number of anilines is 1. The van der Waals surface area contributed by atoms with Gasteiger partial charge in [-0.15, -0.1) is 21.5 Å². The smallest absolute Gasteiger partial charge is 0.341 e. The highest BCUT2D eigenvalue weighted by molar-refractivity contribution is 7.99. The van der Waals surface area contributed by atoms with Crippen molar-refractivity contribution < 1.29 is 19.1 Å². The van der Waals surface area contributed by atoms with Gasteiger partial charge in [-0.2, -0.15) is 0 Å². The van der Waals surface area contributed by atoms with E-state index in [-0.39, 0.29) is 30.3 Å². The van der Waals surface area contributed by atoms with Crippen molar-refractivity contribution in [3.63, 3.8) is 0 Å². The Morgan fingerprint density at radius 3 is 2.69 bits per heavy atom. The summed E-state index contributed by atoms with van der Waals surface area (Å²) in [5.41, 5.74) is 1.53. The fourth-order valence-corrected chi connectivity index (χ4v) is 5.86. The van der Waals surface area contributed by atoms with Crippen LogP contribution in [0, 0.1) is 0 Å². The molecule has 1 aliphatic rings. The second kappa shape index (κ2) is 11.5. The topological polar surface area (TPSA) is 95.3 Å². The molecule has 0 spiro atoms. The molecule has 0 fully saturated rings. The highest BCUT2D eigenvalue weighted by Crippen LogP contribution is 2.39. The lowest BCUT2D eigenvalue weighted by Crippen LogP contribution is -2.19. The molecule has 4 rings (SSSR count). The molecule has 0 bridgehead atoms. The van der Waals surface area contributed by atoms with Crippen molar-refractivity contribution in [2.24, 2.45) is 7.05 Å². The fraction of sp³-hybridized carbons (Fsp3) is 0.417. The predicted molar refractivity (Wildman–Crippen MR) is 138 cm³/mol. The third-order valence-electron chi connectivity index (χ3n) is 5.41. The number of nitrogens with zero attached hydrogens (tertiary/aromatic N) is 3. The van der Waals surface area contributed by atoms with Gasteiger partial charge in [-0.1, -0.05) is 23.4 Å². The van der Waals surface area contributed by atoms with Crippen LogP contribution in [0.25, 0.3) is 0 Å². The summed E-state index contributed by atoms with van der Waals surface area (Å²) in [6.07, 6.45) is 3.65. The van der Waals surface area contributed by atoms with Gasteiger partial charge < -0.3 is 19.4 Å². The van der Waals surface area contributed by atoms with Crippen LogP contribution < -0.4 is 10.1 Å². The zero-order valence-corrected chi connectivity index (χ0v) is 22.2. The number of aromatic nitrogens is 3. The number of benzene rings is 1. The molecule has 11 heteroatoms. The number of thiophene rings is 1. The van der Waals surface area contributed by atoms with E-state index in [0.717, 1.165) is 36.1 Å². The lowest BCUT2D eigenvalue weighted by Gasteiger charge is -2.14. The van der Waals surface area contributed by atoms with Crippen LogP contribution in [0.2, 0.25) is 5.02 Å². The van der Waals surface area contributed by atoms with Crippen LogP contribution in [-0.4, -0.2) is 38.5 Å². The molecule has 186 valence electrons. The maximum absolute atomic E-state index is 12.8. The Labute approximate surface area is 217 Å². The Morgan fingerprint density at radius 1 is 1.20 bits per heavy atom. The molecule has 1 aromatic carbocycles. The summed E-state index contributed by atoms with van der Waals surface area (Å²) in [4.78, 5) is 26.7. The SMILES string of the molecule is CC(C)OC(=O)c1c(NC(=O)CSc2nnc(COc3ccc(Cl)cc3)n2C)sc2c1CCCC2. The second-order valence-corrected chi connectivity index (χ2v) is 10.9. The number of esters is 1. The highest BCUT2D eigenvalue weighted by atomic mass is 35.5. The first-order chi connectivity index (χ1) is 16.8. The van der Waals surface area contributed by atoms with Crippen molar-refractivity contribution in [2.75, 3.05) is 11.1 Å². The van der Waals surface area contributed by atoms with Crippen LogP contribution in [0.15, 0.2) is 29.4 Å². The van der Waals surface area contributed by atoms with Crippen LogP contribution in [-0.2, 0) is 36.0 Å². The maximum Gasteiger partial charge on any atom is 0.341 e. The van der Waals surface area contributed by atoms with E-state index in [1.807, 2.05) is 20.9 Å². The lowest BCUT2D eigenvalue weighted by atomic mass is 9.95. The number of halogens is 1. The van der Waals surface area contributed by atoms with Gasteiger partial charge in [-0.3, -0.25) is 4.79 Å². The molecule has 3 aromatic rings. The fourth-order valence-electron chi connectivity index (χ4n) is 3.71. The number of ether oxygens (including phenoxy) is 2. The Bertz CT molecular complexity index is 1210. The molecule has 0 saturated heterocycles. The largest absolute Gasteiger partial charge is 0.486 e. The highest BCUT2D eigenvalue weighted by Gasteiger charge is 2.28. The van der Waals surface area contributed by atoms with Gasteiger partial charge in [-0.25, -0.2) is 4.79 Å². The monoisotopic (exact) mass is 534 g/mol. The summed E-state index contributed by atoms with van der Waals surface area (Å²) in [5, 5.41) is 13.1. The second-order valence-electron chi connectivity index (χ2n) is 8.41. The number of nitrogens with one attached hydrogen (secondary N) is 1. The normalized spacial score (nSPS) is 12.9.